The molecule has 24 heavy (non-hydrogen) atoms. The number of H-pyrrole nitrogens is 1. The second kappa shape index (κ2) is 5.74. The molecule has 0 aliphatic rings. The van der Waals surface area contributed by atoms with E-state index in [4.69, 9.17) is 5.73 Å². The van der Waals surface area contributed by atoms with Gasteiger partial charge in [-0.1, -0.05) is 6.07 Å². The highest BCUT2D eigenvalue weighted by atomic mass is 15.1. The monoisotopic (exact) mass is 320 g/mol. The lowest BCUT2D eigenvalue weighted by Gasteiger charge is -2.09. The number of rotatable bonds is 4. The summed E-state index contributed by atoms with van der Waals surface area (Å²) in [4.78, 5) is 14.3. The number of nitrogens with zero attached hydrogens (tertiary/aromatic N) is 4. The molecule has 0 aliphatic heterocycles. The van der Waals surface area contributed by atoms with E-state index in [1.165, 1.54) is 10.9 Å². The van der Waals surface area contributed by atoms with Crippen LogP contribution in [0.2, 0.25) is 0 Å². The Kier molecular flexibility index (Phi) is 3.55. The number of aromatic amines is 1. The molecule has 4 aromatic rings. The van der Waals surface area contributed by atoms with Crippen molar-refractivity contribution < 1.29 is 0 Å². The van der Waals surface area contributed by atoms with Crippen molar-refractivity contribution in [1.29, 1.82) is 0 Å². The topological polar surface area (TPSA) is 75.2 Å². The van der Waals surface area contributed by atoms with Gasteiger partial charge in [-0.05, 0) is 31.8 Å². The van der Waals surface area contributed by atoms with Gasteiger partial charge in [0.05, 0.1) is 17.6 Å². The highest BCUT2D eigenvalue weighted by molar-refractivity contribution is 5.87. The average Bonchev–Trinajstić information content (AvgIpc) is 3.18. The Morgan fingerprint density at radius 1 is 1.25 bits per heavy atom. The third kappa shape index (κ3) is 2.36. The third-order valence-corrected chi connectivity index (χ3v) is 4.24. The summed E-state index contributed by atoms with van der Waals surface area (Å²) in [6, 6.07) is 6.45. The van der Waals surface area contributed by atoms with Gasteiger partial charge in [-0.3, -0.25) is 9.38 Å². The summed E-state index contributed by atoms with van der Waals surface area (Å²) < 4.78 is 2.05. The van der Waals surface area contributed by atoms with Crippen LogP contribution in [0.1, 0.15) is 11.3 Å². The number of hydrogen-bond donors (Lipinski definition) is 2. The van der Waals surface area contributed by atoms with E-state index in [1.807, 2.05) is 12.4 Å². The molecule has 4 rings (SSSR count). The van der Waals surface area contributed by atoms with Crippen LogP contribution in [-0.4, -0.2) is 38.3 Å². The zero-order valence-corrected chi connectivity index (χ0v) is 13.8. The Balaban J connectivity index is 1.87. The minimum absolute atomic E-state index is 0.380. The first kappa shape index (κ1) is 14.9. The van der Waals surface area contributed by atoms with Crippen molar-refractivity contribution in [3.63, 3.8) is 0 Å². The number of hydrogen-bond acceptors (Lipinski definition) is 4. The molecule has 3 heterocycles. The summed E-state index contributed by atoms with van der Waals surface area (Å²) in [6.45, 7) is 1.28. The first-order valence-corrected chi connectivity index (χ1v) is 7.93. The van der Waals surface area contributed by atoms with E-state index in [1.54, 1.807) is 6.20 Å². The summed E-state index contributed by atoms with van der Waals surface area (Å²) in [5.74, 6) is 0. The second-order valence-corrected chi connectivity index (χ2v) is 6.23. The highest BCUT2D eigenvalue weighted by Crippen LogP contribution is 2.27. The van der Waals surface area contributed by atoms with Crippen LogP contribution >= 0.6 is 0 Å². The van der Waals surface area contributed by atoms with Crippen LogP contribution in [0, 0.1) is 0 Å². The summed E-state index contributed by atoms with van der Waals surface area (Å²) in [5.41, 5.74) is 12.0. The summed E-state index contributed by atoms with van der Waals surface area (Å²) >= 11 is 0. The van der Waals surface area contributed by atoms with Gasteiger partial charge in [0.1, 0.15) is 0 Å². The summed E-state index contributed by atoms with van der Waals surface area (Å²) in [5, 5.41) is 1.24. The highest BCUT2D eigenvalue weighted by Gasteiger charge is 2.11. The van der Waals surface area contributed by atoms with Crippen molar-refractivity contribution in [2.24, 2.45) is 5.73 Å². The molecule has 0 amide bonds. The summed E-state index contributed by atoms with van der Waals surface area (Å²) in [6.07, 6.45) is 7.67. The van der Waals surface area contributed by atoms with E-state index in [0.717, 1.165) is 34.7 Å². The fourth-order valence-electron chi connectivity index (χ4n) is 3.14. The quantitative estimate of drug-likeness (QED) is 0.605. The molecule has 3 N–H and O–H groups in total. The minimum Gasteiger partial charge on any atom is -0.361 e. The molecule has 0 bridgehead atoms. The van der Waals surface area contributed by atoms with Gasteiger partial charge >= 0.3 is 0 Å². The number of fused-ring (bicyclic) bond motifs is 2. The molecule has 0 atom stereocenters. The Morgan fingerprint density at radius 2 is 2.12 bits per heavy atom. The Morgan fingerprint density at radius 3 is 2.92 bits per heavy atom. The van der Waals surface area contributed by atoms with Crippen LogP contribution in [0.4, 0.5) is 0 Å². The molecule has 122 valence electrons. The first-order chi connectivity index (χ1) is 11.7. The van der Waals surface area contributed by atoms with Crippen molar-refractivity contribution in [2.45, 2.75) is 13.1 Å². The molecule has 3 aromatic heterocycles. The molecule has 0 fully saturated rings. The van der Waals surface area contributed by atoms with Crippen LogP contribution in [0.3, 0.4) is 0 Å². The SMILES string of the molecule is CN(C)Cc1c[nH]c2ccc(-c3cnc4c(CN)nccn34)cc12. The molecule has 0 unspecified atom stereocenters. The molecule has 0 aliphatic carbocycles. The van der Waals surface area contributed by atoms with Crippen LogP contribution in [-0.2, 0) is 13.1 Å². The molecule has 0 saturated heterocycles. The van der Waals surface area contributed by atoms with E-state index in [2.05, 4.69) is 62.7 Å². The minimum atomic E-state index is 0.380. The smallest absolute Gasteiger partial charge is 0.160 e. The maximum absolute atomic E-state index is 5.77. The third-order valence-electron chi connectivity index (χ3n) is 4.24. The zero-order valence-electron chi connectivity index (χ0n) is 13.8. The Hall–Kier alpha value is -2.70. The predicted molar refractivity (Wildman–Crippen MR) is 95.6 cm³/mol. The van der Waals surface area contributed by atoms with Crippen LogP contribution in [0.15, 0.2) is 43.0 Å². The molecule has 1 aromatic carbocycles. The molecule has 0 saturated carbocycles. The number of nitrogens with one attached hydrogen (secondary N) is 1. The van der Waals surface area contributed by atoms with Crippen molar-refractivity contribution in [2.75, 3.05) is 14.1 Å². The van der Waals surface area contributed by atoms with E-state index >= 15 is 0 Å². The van der Waals surface area contributed by atoms with Gasteiger partial charge in [0.2, 0.25) is 0 Å². The van der Waals surface area contributed by atoms with Gasteiger partial charge in [-0.2, -0.15) is 0 Å². The largest absolute Gasteiger partial charge is 0.361 e. The molecule has 0 spiro atoms. The molecule has 6 heteroatoms. The first-order valence-electron chi connectivity index (χ1n) is 7.93. The molecular formula is C18H20N6. The van der Waals surface area contributed by atoms with Gasteiger partial charge in [-0.15, -0.1) is 0 Å². The second-order valence-electron chi connectivity index (χ2n) is 6.23. The van der Waals surface area contributed by atoms with Crippen LogP contribution in [0.5, 0.6) is 0 Å². The molecule has 6 nitrogen and oxygen atoms in total. The van der Waals surface area contributed by atoms with Gasteiger partial charge in [-0.25, -0.2) is 4.98 Å². The van der Waals surface area contributed by atoms with Gasteiger partial charge < -0.3 is 15.6 Å². The molecular weight excluding hydrogens is 300 g/mol. The number of aromatic nitrogens is 4. The lowest BCUT2D eigenvalue weighted by atomic mass is 10.1. The normalized spacial score (nSPS) is 11.8. The summed E-state index contributed by atoms with van der Waals surface area (Å²) in [7, 11) is 4.16. The van der Waals surface area contributed by atoms with Crippen LogP contribution < -0.4 is 5.73 Å². The van der Waals surface area contributed by atoms with Gasteiger partial charge in [0, 0.05) is 48.1 Å². The van der Waals surface area contributed by atoms with Crippen molar-refractivity contribution >= 4 is 16.6 Å². The van der Waals surface area contributed by atoms with Gasteiger partial charge in [0.15, 0.2) is 5.65 Å². The van der Waals surface area contributed by atoms with Crippen molar-refractivity contribution in [3.8, 4) is 11.3 Å². The lowest BCUT2D eigenvalue weighted by Crippen LogP contribution is -2.10. The molecule has 0 radical (unpaired) electrons. The van der Waals surface area contributed by atoms with E-state index in [-0.39, 0.29) is 0 Å². The maximum atomic E-state index is 5.77. The zero-order chi connectivity index (χ0) is 16.7. The van der Waals surface area contributed by atoms with E-state index in [9.17, 15) is 0 Å². The average molecular weight is 320 g/mol. The predicted octanol–water partition coefficient (Wildman–Crippen LogP) is 2.40. The number of benzene rings is 1. The van der Waals surface area contributed by atoms with Crippen molar-refractivity contribution in [3.05, 3.63) is 54.2 Å². The Labute approximate surface area is 139 Å². The van der Waals surface area contributed by atoms with E-state index in [0.29, 0.717) is 6.54 Å². The van der Waals surface area contributed by atoms with Gasteiger partial charge in [0.25, 0.3) is 0 Å². The standard InChI is InChI=1S/C18H20N6/c1-23(2)11-13-9-21-15-4-3-12(7-14(13)15)17-10-22-18-16(8-19)20-5-6-24(17)18/h3-7,9-10,21H,8,11,19H2,1-2H3. The van der Waals surface area contributed by atoms with E-state index < -0.39 is 0 Å². The lowest BCUT2D eigenvalue weighted by molar-refractivity contribution is 0.404. The number of imidazole rings is 1. The maximum Gasteiger partial charge on any atom is 0.160 e. The van der Waals surface area contributed by atoms with Crippen molar-refractivity contribution in [1.82, 2.24) is 24.3 Å². The van der Waals surface area contributed by atoms with Crippen LogP contribution in [0.25, 0.3) is 27.8 Å². The fraction of sp³-hybridized carbons (Fsp3) is 0.222. The number of nitrogens with two attached hydrogens (primary N) is 1. The fourth-order valence-corrected chi connectivity index (χ4v) is 3.14. The Bertz CT molecular complexity index is 1010.